The fourth-order valence-corrected chi connectivity index (χ4v) is 2.17. The third-order valence-corrected chi connectivity index (χ3v) is 3.22. The molecule has 1 aliphatic rings. The molecule has 1 aliphatic heterocycles. The van der Waals surface area contributed by atoms with E-state index in [2.05, 4.69) is 16.3 Å². The Kier molecular flexibility index (Phi) is 4.07. The topological polar surface area (TPSA) is 35.6 Å². The second-order valence-electron chi connectivity index (χ2n) is 4.92. The van der Waals surface area contributed by atoms with Crippen molar-refractivity contribution >= 4 is 17.4 Å². The molecule has 0 bridgehead atoms. The molecule has 0 atom stereocenters. The quantitative estimate of drug-likeness (QED) is 0.872. The van der Waals surface area contributed by atoms with Gasteiger partial charge in [0.15, 0.2) is 0 Å². The summed E-state index contributed by atoms with van der Waals surface area (Å²) in [6.45, 7) is 2.23. The molecule has 0 aliphatic carbocycles. The fourth-order valence-electron chi connectivity index (χ4n) is 2.17. The first-order chi connectivity index (χ1) is 8.66. The van der Waals surface area contributed by atoms with Crippen molar-refractivity contribution in [2.75, 3.05) is 37.4 Å². The van der Waals surface area contributed by atoms with Gasteiger partial charge in [-0.25, -0.2) is 4.79 Å². The van der Waals surface area contributed by atoms with Crippen LogP contribution < -0.4 is 10.2 Å². The average Bonchev–Trinajstić information content (AvgIpc) is 2.40. The highest BCUT2D eigenvalue weighted by Gasteiger charge is 2.11. The van der Waals surface area contributed by atoms with Gasteiger partial charge in [-0.3, -0.25) is 0 Å². The lowest BCUT2D eigenvalue weighted by molar-refractivity contribution is 0.230. The number of amides is 2. The van der Waals surface area contributed by atoms with E-state index in [0.717, 1.165) is 18.8 Å². The molecular weight excluding hydrogens is 226 g/mol. The third-order valence-electron chi connectivity index (χ3n) is 3.22. The number of carbonyl (C=O) groups excluding carboxylic acids is 1. The molecule has 0 saturated carbocycles. The largest absolute Gasteiger partial charge is 0.371 e. The van der Waals surface area contributed by atoms with Crippen molar-refractivity contribution in [3.63, 3.8) is 0 Å². The molecule has 98 valence electrons. The second kappa shape index (κ2) is 5.76. The number of rotatable bonds is 2. The fraction of sp³-hybridized carbons (Fsp3) is 0.500. The van der Waals surface area contributed by atoms with E-state index in [1.165, 1.54) is 29.8 Å². The Balaban J connectivity index is 2.07. The predicted octanol–water partition coefficient (Wildman–Crippen LogP) is 2.77. The van der Waals surface area contributed by atoms with E-state index in [9.17, 15) is 4.79 Å². The number of piperidine rings is 1. The van der Waals surface area contributed by atoms with E-state index in [4.69, 9.17) is 0 Å². The Bertz CT molecular complexity index is 411. The van der Waals surface area contributed by atoms with Crippen molar-refractivity contribution in [1.82, 2.24) is 4.90 Å². The van der Waals surface area contributed by atoms with Crippen LogP contribution in [0.1, 0.15) is 19.3 Å². The van der Waals surface area contributed by atoms with E-state index < -0.39 is 0 Å². The standard InChI is InChI=1S/C14H21N3O/c1-16(2)14(18)15-12-7-6-8-13(11-12)17-9-4-3-5-10-17/h6-8,11H,3-5,9-10H2,1-2H3,(H,15,18). The predicted molar refractivity (Wildman–Crippen MR) is 75.2 cm³/mol. The smallest absolute Gasteiger partial charge is 0.321 e. The zero-order chi connectivity index (χ0) is 13.0. The summed E-state index contributed by atoms with van der Waals surface area (Å²) >= 11 is 0. The molecule has 1 aromatic rings. The first kappa shape index (κ1) is 12.7. The van der Waals surface area contributed by atoms with Crippen LogP contribution >= 0.6 is 0 Å². The first-order valence-electron chi connectivity index (χ1n) is 6.50. The van der Waals surface area contributed by atoms with Gasteiger partial charge in [-0.1, -0.05) is 6.07 Å². The lowest BCUT2D eigenvalue weighted by atomic mass is 10.1. The van der Waals surface area contributed by atoms with Crippen LogP contribution in [0.4, 0.5) is 16.2 Å². The van der Waals surface area contributed by atoms with Gasteiger partial charge in [0.1, 0.15) is 0 Å². The normalized spacial score (nSPS) is 15.3. The molecule has 1 fully saturated rings. The SMILES string of the molecule is CN(C)C(=O)Nc1cccc(N2CCCCC2)c1. The average molecular weight is 247 g/mol. The second-order valence-corrected chi connectivity index (χ2v) is 4.92. The molecule has 0 radical (unpaired) electrons. The summed E-state index contributed by atoms with van der Waals surface area (Å²) in [4.78, 5) is 15.5. The summed E-state index contributed by atoms with van der Waals surface area (Å²) in [5.41, 5.74) is 2.06. The highest BCUT2D eigenvalue weighted by Crippen LogP contribution is 2.23. The number of benzene rings is 1. The van der Waals surface area contributed by atoms with Gasteiger partial charge in [-0.2, -0.15) is 0 Å². The van der Waals surface area contributed by atoms with E-state index in [1.54, 1.807) is 14.1 Å². The molecule has 1 heterocycles. The molecule has 1 aromatic carbocycles. The van der Waals surface area contributed by atoms with E-state index in [0.29, 0.717) is 0 Å². The molecule has 1 saturated heterocycles. The van der Waals surface area contributed by atoms with Crippen molar-refractivity contribution in [2.24, 2.45) is 0 Å². The van der Waals surface area contributed by atoms with Crippen LogP contribution in [0.5, 0.6) is 0 Å². The number of anilines is 2. The summed E-state index contributed by atoms with van der Waals surface area (Å²) in [5.74, 6) is 0. The molecule has 0 aromatic heterocycles. The summed E-state index contributed by atoms with van der Waals surface area (Å²) in [5, 5.41) is 2.88. The number of hydrogen-bond acceptors (Lipinski definition) is 2. The number of hydrogen-bond donors (Lipinski definition) is 1. The monoisotopic (exact) mass is 247 g/mol. The Labute approximate surface area is 109 Å². The first-order valence-corrected chi connectivity index (χ1v) is 6.50. The van der Waals surface area contributed by atoms with Crippen LogP contribution in [0.3, 0.4) is 0 Å². The number of nitrogens with zero attached hydrogens (tertiary/aromatic N) is 2. The van der Waals surface area contributed by atoms with Gasteiger partial charge in [-0.15, -0.1) is 0 Å². The Hall–Kier alpha value is -1.71. The zero-order valence-electron chi connectivity index (χ0n) is 11.1. The molecule has 18 heavy (non-hydrogen) atoms. The summed E-state index contributed by atoms with van der Waals surface area (Å²) in [6.07, 6.45) is 3.84. The number of carbonyl (C=O) groups is 1. The van der Waals surface area contributed by atoms with Crippen LogP contribution in [0, 0.1) is 0 Å². The van der Waals surface area contributed by atoms with Crippen molar-refractivity contribution < 1.29 is 4.79 Å². The Morgan fingerprint density at radius 2 is 1.94 bits per heavy atom. The van der Waals surface area contributed by atoms with Gasteiger partial charge in [0.05, 0.1) is 0 Å². The van der Waals surface area contributed by atoms with Crippen molar-refractivity contribution in [3.8, 4) is 0 Å². The maximum Gasteiger partial charge on any atom is 0.321 e. The number of nitrogens with one attached hydrogen (secondary N) is 1. The Morgan fingerprint density at radius 3 is 2.61 bits per heavy atom. The summed E-state index contributed by atoms with van der Waals surface area (Å²) in [6, 6.07) is 7.98. The maximum absolute atomic E-state index is 11.6. The minimum Gasteiger partial charge on any atom is -0.371 e. The van der Waals surface area contributed by atoms with Crippen LogP contribution in [0.15, 0.2) is 24.3 Å². The van der Waals surface area contributed by atoms with Gasteiger partial charge in [-0.05, 0) is 37.5 Å². The molecule has 1 N–H and O–H groups in total. The molecule has 4 nitrogen and oxygen atoms in total. The molecule has 0 unspecified atom stereocenters. The molecular formula is C14H21N3O. The van der Waals surface area contributed by atoms with E-state index >= 15 is 0 Å². The summed E-state index contributed by atoms with van der Waals surface area (Å²) in [7, 11) is 3.48. The minimum absolute atomic E-state index is 0.0919. The van der Waals surface area contributed by atoms with Crippen LogP contribution in [-0.4, -0.2) is 38.1 Å². The van der Waals surface area contributed by atoms with Crippen LogP contribution in [0.25, 0.3) is 0 Å². The van der Waals surface area contributed by atoms with Gasteiger partial charge in [0, 0.05) is 38.6 Å². The van der Waals surface area contributed by atoms with Crippen LogP contribution in [0.2, 0.25) is 0 Å². The molecule has 4 heteroatoms. The lowest BCUT2D eigenvalue weighted by Gasteiger charge is -2.29. The molecule has 2 rings (SSSR count). The molecule has 2 amide bonds. The van der Waals surface area contributed by atoms with Gasteiger partial charge in [0.25, 0.3) is 0 Å². The van der Waals surface area contributed by atoms with Crippen molar-refractivity contribution in [1.29, 1.82) is 0 Å². The third kappa shape index (κ3) is 3.15. The number of urea groups is 1. The molecule has 0 spiro atoms. The van der Waals surface area contributed by atoms with Gasteiger partial charge >= 0.3 is 6.03 Å². The maximum atomic E-state index is 11.6. The Morgan fingerprint density at radius 1 is 1.22 bits per heavy atom. The summed E-state index contributed by atoms with van der Waals surface area (Å²) < 4.78 is 0. The highest BCUT2D eigenvalue weighted by molar-refractivity contribution is 5.89. The van der Waals surface area contributed by atoms with Crippen LogP contribution in [-0.2, 0) is 0 Å². The highest BCUT2D eigenvalue weighted by atomic mass is 16.2. The lowest BCUT2D eigenvalue weighted by Crippen LogP contribution is -2.30. The van der Waals surface area contributed by atoms with Gasteiger partial charge in [0.2, 0.25) is 0 Å². The van der Waals surface area contributed by atoms with Crippen molar-refractivity contribution in [3.05, 3.63) is 24.3 Å². The van der Waals surface area contributed by atoms with Gasteiger partial charge < -0.3 is 15.1 Å². The van der Waals surface area contributed by atoms with E-state index in [1.807, 2.05) is 18.2 Å². The van der Waals surface area contributed by atoms with Crippen molar-refractivity contribution in [2.45, 2.75) is 19.3 Å². The minimum atomic E-state index is -0.0919. The zero-order valence-corrected chi connectivity index (χ0v) is 11.1. The van der Waals surface area contributed by atoms with E-state index in [-0.39, 0.29) is 6.03 Å².